The minimum atomic E-state index is -0.113. The molecule has 2 aliphatic carbocycles. The van der Waals surface area contributed by atoms with Crippen molar-refractivity contribution in [2.75, 3.05) is 39.3 Å². The molecule has 0 N–H and O–H groups in total. The lowest BCUT2D eigenvalue weighted by atomic mass is 9.85. The van der Waals surface area contributed by atoms with Crippen molar-refractivity contribution in [1.29, 1.82) is 0 Å². The van der Waals surface area contributed by atoms with Crippen LogP contribution in [0.2, 0.25) is 0 Å². The lowest BCUT2D eigenvalue weighted by Gasteiger charge is -2.34. The maximum Gasteiger partial charge on any atom is 0.246 e. The monoisotopic (exact) mass is 405 g/mol. The Hall–Kier alpha value is -2.73. The number of allylic oxidation sites excluding steroid dienone is 2. The SMILES string of the molecule is O=C(C=Cc1ccccc1)N1CCN(CCN2C(=O)C3C4C=CC(C4)C3C2=O)CC1. The standard InChI is InChI=1S/C24H27N3O3/c28-20(9-6-17-4-2-1-3-5-17)26-13-10-25(11-14-26)12-15-27-23(29)21-18-7-8-19(16-18)22(21)24(27)30/h1-9,18-19,21-22H,10-16H2. The molecule has 4 unspecified atom stereocenters. The van der Waals surface area contributed by atoms with E-state index in [0.717, 1.165) is 25.1 Å². The number of benzene rings is 1. The molecule has 4 aliphatic rings. The Balaban J connectivity index is 1.10. The minimum absolute atomic E-state index is 0.0270. The second kappa shape index (κ2) is 7.84. The van der Waals surface area contributed by atoms with Gasteiger partial charge in [-0.25, -0.2) is 0 Å². The van der Waals surface area contributed by atoms with Gasteiger partial charge in [-0.2, -0.15) is 0 Å². The maximum absolute atomic E-state index is 12.8. The molecule has 30 heavy (non-hydrogen) atoms. The molecule has 1 aromatic rings. The van der Waals surface area contributed by atoms with Crippen LogP contribution in [0.5, 0.6) is 0 Å². The first-order valence-electron chi connectivity index (χ1n) is 10.9. The van der Waals surface area contributed by atoms with Crippen LogP contribution in [0, 0.1) is 23.7 Å². The van der Waals surface area contributed by atoms with E-state index >= 15 is 0 Å². The summed E-state index contributed by atoms with van der Waals surface area (Å²) in [6, 6.07) is 9.80. The van der Waals surface area contributed by atoms with Crippen LogP contribution < -0.4 is 0 Å². The fourth-order valence-corrected chi connectivity index (χ4v) is 5.45. The number of carbonyl (C=O) groups excluding carboxylic acids is 3. The highest BCUT2D eigenvalue weighted by atomic mass is 16.2. The van der Waals surface area contributed by atoms with Gasteiger partial charge in [0.1, 0.15) is 0 Å². The number of rotatable bonds is 5. The van der Waals surface area contributed by atoms with Gasteiger partial charge in [0.05, 0.1) is 11.8 Å². The highest BCUT2D eigenvalue weighted by Gasteiger charge is 2.59. The van der Waals surface area contributed by atoms with Crippen LogP contribution in [0.25, 0.3) is 6.08 Å². The zero-order valence-corrected chi connectivity index (χ0v) is 17.0. The molecule has 5 rings (SSSR count). The van der Waals surface area contributed by atoms with E-state index < -0.39 is 0 Å². The van der Waals surface area contributed by atoms with Crippen LogP contribution in [0.4, 0.5) is 0 Å². The average molecular weight is 405 g/mol. The van der Waals surface area contributed by atoms with Crippen LogP contribution in [-0.2, 0) is 14.4 Å². The van der Waals surface area contributed by atoms with E-state index in [4.69, 9.17) is 0 Å². The molecule has 156 valence electrons. The predicted molar refractivity (Wildman–Crippen MR) is 113 cm³/mol. The van der Waals surface area contributed by atoms with Crippen LogP contribution in [0.3, 0.4) is 0 Å². The highest BCUT2D eigenvalue weighted by molar-refractivity contribution is 6.06. The average Bonchev–Trinajstić information content (AvgIpc) is 3.46. The maximum atomic E-state index is 12.8. The Morgan fingerprint density at radius 2 is 1.53 bits per heavy atom. The minimum Gasteiger partial charge on any atom is -0.337 e. The van der Waals surface area contributed by atoms with Gasteiger partial charge in [0.15, 0.2) is 0 Å². The molecular weight excluding hydrogens is 378 g/mol. The fraction of sp³-hybridized carbons (Fsp3) is 0.458. The van der Waals surface area contributed by atoms with Gasteiger partial charge in [-0.3, -0.25) is 24.2 Å². The van der Waals surface area contributed by atoms with Crippen LogP contribution in [0.1, 0.15) is 12.0 Å². The predicted octanol–water partition coefficient (Wildman–Crippen LogP) is 1.65. The number of hydrogen-bond acceptors (Lipinski definition) is 4. The van der Waals surface area contributed by atoms with Crippen LogP contribution in [-0.4, -0.2) is 71.7 Å². The number of likely N-dealkylation sites (tertiary alicyclic amines) is 1. The van der Waals surface area contributed by atoms with Gasteiger partial charge in [-0.05, 0) is 29.9 Å². The van der Waals surface area contributed by atoms with E-state index in [1.807, 2.05) is 41.3 Å². The fourth-order valence-electron chi connectivity index (χ4n) is 5.45. The van der Waals surface area contributed by atoms with Gasteiger partial charge in [-0.15, -0.1) is 0 Å². The lowest BCUT2D eigenvalue weighted by molar-refractivity contribution is -0.141. The third-order valence-electron chi connectivity index (χ3n) is 7.10. The first-order chi connectivity index (χ1) is 14.6. The molecule has 3 fully saturated rings. The van der Waals surface area contributed by atoms with Crippen molar-refractivity contribution < 1.29 is 14.4 Å². The molecule has 1 saturated carbocycles. The Bertz CT molecular complexity index is 872. The number of fused-ring (bicyclic) bond motifs is 5. The molecule has 2 aliphatic heterocycles. The topological polar surface area (TPSA) is 60.9 Å². The molecule has 0 radical (unpaired) electrons. The molecule has 1 aromatic carbocycles. The summed E-state index contributed by atoms with van der Waals surface area (Å²) in [5.41, 5.74) is 1.01. The van der Waals surface area contributed by atoms with Crippen molar-refractivity contribution in [2.24, 2.45) is 23.7 Å². The normalized spacial score (nSPS) is 30.7. The Morgan fingerprint density at radius 3 is 2.17 bits per heavy atom. The van der Waals surface area contributed by atoms with E-state index in [-0.39, 0.29) is 41.4 Å². The second-order valence-corrected chi connectivity index (χ2v) is 8.74. The molecule has 6 nitrogen and oxygen atoms in total. The number of imide groups is 1. The number of hydrogen-bond donors (Lipinski definition) is 0. The van der Waals surface area contributed by atoms with Crippen molar-refractivity contribution in [2.45, 2.75) is 6.42 Å². The van der Waals surface area contributed by atoms with Crippen LogP contribution >= 0.6 is 0 Å². The van der Waals surface area contributed by atoms with E-state index in [1.54, 1.807) is 6.08 Å². The van der Waals surface area contributed by atoms with Crippen molar-refractivity contribution >= 4 is 23.8 Å². The molecule has 0 spiro atoms. The molecule has 2 heterocycles. The molecule has 4 atom stereocenters. The first-order valence-corrected chi connectivity index (χ1v) is 10.9. The van der Waals surface area contributed by atoms with Crippen LogP contribution in [0.15, 0.2) is 48.6 Å². The third-order valence-corrected chi connectivity index (χ3v) is 7.10. The van der Waals surface area contributed by atoms with Gasteiger partial charge in [0.25, 0.3) is 0 Å². The summed E-state index contributed by atoms with van der Waals surface area (Å²) >= 11 is 0. The molecular formula is C24H27N3O3. The van der Waals surface area contributed by atoms with Gasteiger partial charge >= 0.3 is 0 Å². The van der Waals surface area contributed by atoms with Crippen molar-refractivity contribution in [3.05, 3.63) is 54.1 Å². The summed E-state index contributed by atoms with van der Waals surface area (Å²) in [5.74, 6) is 0.388. The molecule has 0 aromatic heterocycles. The molecule has 2 bridgehead atoms. The van der Waals surface area contributed by atoms with Crippen molar-refractivity contribution in [3.63, 3.8) is 0 Å². The van der Waals surface area contributed by atoms with E-state index in [0.29, 0.717) is 26.2 Å². The second-order valence-electron chi connectivity index (χ2n) is 8.74. The van der Waals surface area contributed by atoms with E-state index in [9.17, 15) is 14.4 Å². The lowest BCUT2D eigenvalue weighted by Crippen LogP contribution is -2.50. The molecule has 3 amide bonds. The van der Waals surface area contributed by atoms with Gasteiger partial charge in [0, 0.05) is 45.3 Å². The molecule has 2 saturated heterocycles. The van der Waals surface area contributed by atoms with E-state index in [2.05, 4.69) is 17.1 Å². The zero-order valence-electron chi connectivity index (χ0n) is 17.0. The third kappa shape index (κ3) is 3.39. The quantitative estimate of drug-likeness (QED) is 0.425. The summed E-state index contributed by atoms with van der Waals surface area (Å²) in [6.07, 6.45) is 8.70. The van der Waals surface area contributed by atoms with Gasteiger partial charge in [-0.1, -0.05) is 42.5 Å². The largest absolute Gasteiger partial charge is 0.337 e. The molecule has 6 heteroatoms. The van der Waals surface area contributed by atoms with Gasteiger partial charge < -0.3 is 4.90 Å². The van der Waals surface area contributed by atoms with E-state index in [1.165, 1.54) is 4.90 Å². The smallest absolute Gasteiger partial charge is 0.246 e. The van der Waals surface area contributed by atoms with Crippen molar-refractivity contribution in [3.8, 4) is 0 Å². The summed E-state index contributed by atoms with van der Waals surface area (Å²) in [7, 11) is 0. The first kappa shape index (κ1) is 19.2. The Kier molecular flexibility index (Phi) is 5.03. The highest BCUT2D eigenvalue weighted by Crippen LogP contribution is 2.52. The van der Waals surface area contributed by atoms with Gasteiger partial charge in [0.2, 0.25) is 17.7 Å². The van der Waals surface area contributed by atoms with Crippen molar-refractivity contribution in [1.82, 2.24) is 14.7 Å². The Labute approximate surface area is 176 Å². The summed E-state index contributed by atoms with van der Waals surface area (Å²) in [6.45, 7) is 4.01. The number of amides is 3. The summed E-state index contributed by atoms with van der Waals surface area (Å²) in [4.78, 5) is 43.6. The summed E-state index contributed by atoms with van der Waals surface area (Å²) < 4.78 is 0. The summed E-state index contributed by atoms with van der Waals surface area (Å²) in [5, 5.41) is 0. The number of nitrogens with zero attached hydrogens (tertiary/aromatic N) is 3. The number of piperazine rings is 1. The number of carbonyl (C=O) groups is 3. The zero-order chi connectivity index (χ0) is 20.7. The Morgan fingerprint density at radius 1 is 0.900 bits per heavy atom.